The van der Waals surface area contributed by atoms with E-state index in [0.717, 1.165) is 60.3 Å². The van der Waals surface area contributed by atoms with Crippen LogP contribution < -0.4 is 0 Å². The van der Waals surface area contributed by atoms with Gasteiger partial charge in [-0.25, -0.2) is 9.83 Å². The molecule has 8 aromatic rings. The molecule has 0 spiro atoms. The first kappa shape index (κ1) is 25.6. The van der Waals surface area contributed by atoms with Crippen LogP contribution in [0.3, 0.4) is 0 Å². The highest BCUT2D eigenvalue weighted by Gasteiger charge is 2.35. The molecule has 1 aliphatic carbocycles. The smallest absolute Gasteiger partial charge is 0.187 e. The first-order valence-electron chi connectivity index (χ1n) is 15.1. The number of rotatable bonds is 2. The molecule has 45 heavy (non-hydrogen) atoms. The van der Waals surface area contributed by atoms with E-state index in [1.807, 2.05) is 36.7 Å². The zero-order valence-electron chi connectivity index (χ0n) is 24.8. The molecule has 0 saturated carbocycles. The number of hydrogen-bond acceptors (Lipinski definition) is 3. The van der Waals surface area contributed by atoms with Gasteiger partial charge in [0.25, 0.3) is 0 Å². The van der Waals surface area contributed by atoms with Crippen molar-refractivity contribution in [1.29, 1.82) is 0 Å². The van der Waals surface area contributed by atoms with E-state index in [-0.39, 0.29) is 5.41 Å². The van der Waals surface area contributed by atoms with Crippen molar-refractivity contribution in [2.75, 3.05) is 0 Å². The summed E-state index contributed by atoms with van der Waals surface area (Å²) >= 11 is 0. The molecule has 0 N–H and O–H groups in total. The highest BCUT2D eigenvalue weighted by molar-refractivity contribution is 6.32. The van der Waals surface area contributed by atoms with Gasteiger partial charge in [-0.05, 0) is 57.6 Å². The topological polar surface area (TPSA) is 43.0 Å². The molecule has 0 amide bonds. The summed E-state index contributed by atoms with van der Waals surface area (Å²) in [4.78, 5) is 18.5. The average molecular weight is 575 g/mol. The van der Waals surface area contributed by atoms with Crippen molar-refractivity contribution >= 4 is 49.2 Å². The Labute approximate surface area is 260 Å². The standard InChI is InChI=1S/C41H26N4/c1-41(2)33-22-26(16-18-28(33)29-19-17-27(42-3)23-34(29)41)24-12-14-25(15-13-24)38-37-32-10-7-21-44-40(32)39-31(9-6-20-43-39)36(37)30-8-4-5-11-35(30)45-38/h4-23H,1-2H3. The molecule has 210 valence electrons. The summed E-state index contributed by atoms with van der Waals surface area (Å²) in [5, 5.41) is 5.51. The van der Waals surface area contributed by atoms with Gasteiger partial charge in [0.2, 0.25) is 0 Å². The van der Waals surface area contributed by atoms with Gasteiger partial charge >= 0.3 is 0 Å². The van der Waals surface area contributed by atoms with Gasteiger partial charge in [-0.2, -0.15) is 0 Å². The van der Waals surface area contributed by atoms with E-state index in [1.54, 1.807) is 0 Å². The number of benzene rings is 5. The second-order valence-electron chi connectivity index (χ2n) is 12.3. The van der Waals surface area contributed by atoms with Gasteiger partial charge in [-0.15, -0.1) is 0 Å². The SMILES string of the molecule is [C-]#[N+]c1ccc2c(c1)C(C)(C)c1cc(-c3ccc(-c4nc5ccccc5c5c6cccnc6c6ncccc6c45)cc3)ccc1-2. The van der Waals surface area contributed by atoms with Crippen LogP contribution in [0.1, 0.15) is 25.0 Å². The molecule has 5 aromatic carbocycles. The monoisotopic (exact) mass is 574 g/mol. The minimum absolute atomic E-state index is 0.179. The third-order valence-corrected chi connectivity index (χ3v) is 9.55. The fourth-order valence-corrected chi connectivity index (χ4v) is 7.35. The predicted octanol–water partition coefficient (Wildman–Crippen LogP) is 10.7. The number of pyridine rings is 3. The highest BCUT2D eigenvalue weighted by atomic mass is 14.7. The Bertz CT molecular complexity index is 2570. The van der Waals surface area contributed by atoms with Gasteiger partial charge in [0.1, 0.15) is 0 Å². The van der Waals surface area contributed by atoms with Gasteiger partial charge in [0, 0.05) is 50.3 Å². The van der Waals surface area contributed by atoms with Crippen LogP contribution in [-0.2, 0) is 5.41 Å². The fraction of sp³-hybridized carbons (Fsp3) is 0.0732. The summed E-state index contributed by atoms with van der Waals surface area (Å²) in [5.74, 6) is 0. The average Bonchev–Trinajstić information content (AvgIpc) is 3.32. The molecule has 3 heterocycles. The molecule has 4 nitrogen and oxygen atoms in total. The first-order chi connectivity index (χ1) is 22.0. The van der Waals surface area contributed by atoms with Gasteiger partial charge in [0.15, 0.2) is 5.69 Å². The van der Waals surface area contributed by atoms with Gasteiger partial charge in [0.05, 0.1) is 28.8 Å². The molecule has 0 aliphatic heterocycles. The normalized spacial score (nSPS) is 13.3. The van der Waals surface area contributed by atoms with Crippen molar-refractivity contribution in [3.05, 3.63) is 144 Å². The fourth-order valence-electron chi connectivity index (χ4n) is 7.35. The lowest BCUT2D eigenvalue weighted by molar-refractivity contribution is 0.661. The Hall–Kier alpha value is -5.92. The quantitative estimate of drug-likeness (QED) is 0.152. The Morgan fingerprint density at radius 2 is 1.18 bits per heavy atom. The molecule has 0 unspecified atom stereocenters. The third kappa shape index (κ3) is 3.62. The summed E-state index contributed by atoms with van der Waals surface area (Å²) in [5.41, 5.74) is 12.6. The number of hydrogen-bond donors (Lipinski definition) is 0. The van der Waals surface area contributed by atoms with Crippen LogP contribution in [0.4, 0.5) is 5.69 Å². The number of fused-ring (bicyclic) bond motifs is 11. The summed E-state index contributed by atoms with van der Waals surface area (Å²) in [7, 11) is 0. The number of nitrogens with zero attached hydrogens (tertiary/aromatic N) is 4. The molecule has 4 heteroatoms. The molecular weight excluding hydrogens is 548 g/mol. The third-order valence-electron chi connectivity index (χ3n) is 9.55. The van der Waals surface area contributed by atoms with E-state index < -0.39 is 0 Å². The molecule has 0 radical (unpaired) electrons. The molecular formula is C41H26N4. The van der Waals surface area contributed by atoms with Crippen LogP contribution in [0.25, 0.3) is 81.8 Å². The largest absolute Gasteiger partial charge is 0.254 e. The molecule has 0 saturated heterocycles. The maximum atomic E-state index is 7.50. The Morgan fingerprint density at radius 1 is 0.578 bits per heavy atom. The maximum Gasteiger partial charge on any atom is 0.187 e. The van der Waals surface area contributed by atoms with Crippen LogP contribution in [0.5, 0.6) is 0 Å². The van der Waals surface area contributed by atoms with Crippen molar-refractivity contribution < 1.29 is 0 Å². The van der Waals surface area contributed by atoms with Gasteiger partial charge in [-0.3, -0.25) is 9.97 Å². The van der Waals surface area contributed by atoms with Crippen molar-refractivity contribution in [2.24, 2.45) is 0 Å². The number of para-hydroxylation sites is 1. The van der Waals surface area contributed by atoms with E-state index in [2.05, 4.69) is 104 Å². The lowest BCUT2D eigenvalue weighted by Gasteiger charge is -2.22. The van der Waals surface area contributed by atoms with E-state index in [1.165, 1.54) is 27.8 Å². The molecule has 0 fully saturated rings. The second kappa shape index (κ2) is 9.29. The van der Waals surface area contributed by atoms with Gasteiger partial charge in [-0.1, -0.05) is 98.8 Å². The zero-order valence-corrected chi connectivity index (χ0v) is 24.8. The summed E-state index contributed by atoms with van der Waals surface area (Å²) in [6.45, 7) is 12.0. The summed E-state index contributed by atoms with van der Waals surface area (Å²) in [6.07, 6.45) is 3.68. The zero-order chi connectivity index (χ0) is 30.3. The summed E-state index contributed by atoms with van der Waals surface area (Å²) < 4.78 is 0. The second-order valence-corrected chi connectivity index (χ2v) is 12.3. The van der Waals surface area contributed by atoms with Crippen LogP contribution in [0.15, 0.2) is 122 Å². The van der Waals surface area contributed by atoms with Gasteiger partial charge < -0.3 is 0 Å². The van der Waals surface area contributed by atoms with Crippen molar-refractivity contribution in [3.63, 3.8) is 0 Å². The summed E-state index contributed by atoms with van der Waals surface area (Å²) in [6, 6.07) is 38.3. The van der Waals surface area contributed by atoms with Crippen molar-refractivity contribution in [3.8, 4) is 33.5 Å². The minimum Gasteiger partial charge on any atom is -0.254 e. The van der Waals surface area contributed by atoms with E-state index in [9.17, 15) is 0 Å². The number of aromatic nitrogens is 3. The van der Waals surface area contributed by atoms with E-state index >= 15 is 0 Å². The molecule has 1 aliphatic rings. The maximum absolute atomic E-state index is 7.50. The molecule has 0 bridgehead atoms. The van der Waals surface area contributed by atoms with Crippen LogP contribution >= 0.6 is 0 Å². The Balaban J connectivity index is 1.23. The van der Waals surface area contributed by atoms with E-state index in [4.69, 9.17) is 21.5 Å². The van der Waals surface area contributed by atoms with Crippen molar-refractivity contribution in [1.82, 2.24) is 15.0 Å². The van der Waals surface area contributed by atoms with Crippen LogP contribution in [0, 0.1) is 6.57 Å². The van der Waals surface area contributed by atoms with Crippen LogP contribution in [0.2, 0.25) is 0 Å². The Kier molecular flexibility index (Phi) is 5.28. The molecule has 0 atom stereocenters. The first-order valence-corrected chi connectivity index (χ1v) is 15.1. The Morgan fingerprint density at radius 3 is 1.91 bits per heavy atom. The molecule has 9 rings (SSSR count). The van der Waals surface area contributed by atoms with Crippen molar-refractivity contribution in [2.45, 2.75) is 19.3 Å². The van der Waals surface area contributed by atoms with E-state index in [0.29, 0.717) is 5.69 Å². The highest BCUT2D eigenvalue weighted by Crippen LogP contribution is 2.51. The minimum atomic E-state index is -0.179. The molecule has 3 aromatic heterocycles. The van der Waals surface area contributed by atoms with Crippen LogP contribution in [-0.4, -0.2) is 15.0 Å². The lowest BCUT2D eigenvalue weighted by atomic mass is 9.81. The lowest BCUT2D eigenvalue weighted by Crippen LogP contribution is -2.14. The predicted molar refractivity (Wildman–Crippen MR) is 185 cm³/mol.